The molecule has 3 aromatic rings. The number of nitrogens with two attached hydrogens (primary N) is 1. The van der Waals surface area contributed by atoms with Gasteiger partial charge in [-0.1, -0.05) is 24.3 Å². The van der Waals surface area contributed by atoms with Crippen LogP contribution in [0.4, 0.5) is 11.4 Å². The molecule has 3 N–H and O–H groups in total. The molecule has 3 rings (SSSR count). The second-order valence-corrected chi connectivity index (χ2v) is 5.19. The van der Waals surface area contributed by atoms with Crippen molar-refractivity contribution in [3.63, 3.8) is 0 Å². The van der Waals surface area contributed by atoms with E-state index in [2.05, 4.69) is 10.3 Å². The molecule has 1 amide bonds. The Morgan fingerprint density at radius 3 is 2.33 bits per heavy atom. The first-order valence-electron chi connectivity index (χ1n) is 7.50. The normalized spacial score (nSPS) is 10.2. The number of benzene rings is 2. The fourth-order valence-electron chi connectivity index (χ4n) is 2.24. The van der Waals surface area contributed by atoms with Gasteiger partial charge in [0.15, 0.2) is 6.61 Å². The molecule has 1 heterocycles. The summed E-state index contributed by atoms with van der Waals surface area (Å²) in [7, 11) is 0. The number of nitrogens with zero attached hydrogens (tertiary/aromatic N) is 1. The van der Waals surface area contributed by atoms with Crippen LogP contribution in [0.2, 0.25) is 0 Å². The van der Waals surface area contributed by atoms with E-state index in [1.165, 1.54) is 0 Å². The molecule has 2 aromatic carbocycles. The molecular formula is C19H17N3O2. The Bertz CT molecular complexity index is 818. The number of para-hydroxylation sites is 2. The van der Waals surface area contributed by atoms with Crippen LogP contribution >= 0.6 is 0 Å². The molecule has 0 aliphatic rings. The highest BCUT2D eigenvalue weighted by Gasteiger charge is 2.06. The third-order valence-corrected chi connectivity index (χ3v) is 3.46. The first-order valence-corrected chi connectivity index (χ1v) is 7.50. The van der Waals surface area contributed by atoms with Crippen molar-refractivity contribution >= 4 is 17.3 Å². The van der Waals surface area contributed by atoms with Gasteiger partial charge in [-0.05, 0) is 47.5 Å². The first kappa shape index (κ1) is 15.6. The summed E-state index contributed by atoms with van der Waals surface area (Å²) in [5, 5.41) is 2.79. The molecule has 0 aliphatic carbocycles. The molecule has 120 valence electrons. The first-order chi connectivity index (χ1) is 11.7. The summed E-state index contributed by atoms with van der Waals surface area (Å²) in [6, 6.07) is 18.5. The number of hydrogen-bond donors (Lipinski definition) is 2. The summed E-state index contributed by atoms with van der Waals surface area (Å²) in [5.74, 6) is 0.260. The van der Waals surface area contributed by atoms with Crippen LogP contribution in [-0.4, -0.2) is 17.5 Å². The lowest BCUT2D eigenvalue weighted by Crippen LogP contribution is -2.20. The third-order valence-electron chi connectivity index (χ3n) is 3.46. The maximum absolute atomic E-state index is 12.0. The Labute approximate surface area is 140 Å². The Hall–Kier alpha value is -3.34. The predicted molar refractivity (Wildman–Crippen MR) is 94.7 cm³/mol. The van der Waals surface area contributed by atoms with Crippen LogP contribution in [0.1, 0.15) is 0 Å². The minimum absolute atomic E-state index is 0.0969. The summed E-state index contributed by atoms with van der Waals surface area (Å²) >= 11 is 0. The zero-order chi connectivity index (χ0) is 16.8. The van der Waals surface area contributed by atoms with Crippen molar-refractivity contribution in [1.82, 2.24) is 4.98 Å². The molecule has 0 spiro atoms. The molecule has 0 bridgehead atoms. The van der Waals surface area contributed by atoms with Gasteiger partial charge in [-0.2, -0.15) is 0 Å². The van der Waals surface area contributed by atoms with Crippen molar-refractivity contribution in [3.8, 4) is 16.9 Å². The second-order valence-electron chi connectivity index (χ2n) is 5.19. The SMILES string of the molecule is Nc1ccccc1OCC(=O)Nc1ccc(-c2ccncc2)cc1. The van der Waals surface area contributed by atoms with E-state index in [0.717, 1.165) is 11.1 Å². The molecule has 1 aromatic heterocycles. The van der Waals surface area contributed by atoms with Crippen molar-refractivity contribution in [2.24, 2.45) is 0 Å². The lowest BCUT2D eigenvalue weighted by atomic mass is 10.1. The van der Waals surface area contributed by atoms with E-state index in [4.69, 9.17) is 10.5 Å². The molecule has 5 heteroatoms. The predicted octanol–water partition coefficient (Wildman–Crippen LogP) is 3.35. The van der Waals surface area contributed by atoms with E-state index in [-0.39, 0.29) is 12.5 Å². The summed E-state index contributed by atoms with van der Waals surface area (Å²) in [6.45, 7) is -0.0969. The zero-order valence-corrected chi connectivity index (χ0v) is 13.0. The molecular weight excluding hydrogens is 302 g/mol. The average Bonchev–Trinajstić information content (AvgIpc) is 2.62. The van der Waals surface area contributed by atoms with Gasteiger partial charge in [-0.25, -0.2) is 0 Å². The molecule has 24 heavy (non-hydrogen) atoms. The zero-order valence-electron chi connectivity index (χ0n) is 13.0. The Kier molecular flexibility index (Phi) is 4.72. The van der Waals surface area contributed by atoms with Crippen LogP contribution in [0.3, 0.4) is 0 Å². The van der Waals surface area contributed by atoms with Crippen molar-refractivity contribution < 1.29 is 9.53 Å². The van der Waals surface area contributed by atoms with Crippen LogP contribution in [0.25, 0.3) is 11.1 Å². The van der Waals surface area contributed by atoms with E-state index in [9.17, 15) is 4.79 Å². The number of carbonyl (C=O) groups is 1. The highest BCUT2D eigenvalue weighted by atomic mass is 16.5. The molecule has 0 saturated carbocycles. The standard InChI is InChI=1S/C19H17N3O2/c20-17-3-1-2-4-18(17)24-13-19(23)22-16-7-5-14(6-8-16)15-9-11-21-12-10-15/h1-12H,13,20H2,(H,22,23). The minimum atomic E-state index is -0.241. The van der Waals surface area contributed by atoms with Gasteiger partial charge in [0.1, 0.15) is 5.75 Å². The molecule has 0 radical (unpaired) electrons. The van der Waals surface area contributed by atoms with Crippen molar-refractivity contribution in [2.45, 2.75) is 0 Å². The van der Waals surface area contributed by atoms with Gasteiger partial charge in [-0.15, -0.1) is 0 Å². The number of rotatable bonds is 5. The number of carbonyl (C=O) groups excluding carboxylic acids is 1. The van der Waals surface area contributed by atoms with Gasteiger partial charge in [0, 0.05) is 18.1 Å². The van der Waals surface area contributed by atoms with Crippen LogP contribution in [-0.2, 0) is 4.79 Å². The smallest absolute Gasteiger partial charge is 0.262 e. The largest absolute Gasteiger partial charge is 0.482 e. The number of nitrogens with one attached hydrogen (secondary N) is 1. The lowest BCUT2D eigenvalue weighted by molar-refractivity contribution is -0.118. The lowest BCUT2D eigenvalue weighted by Gasteiger charge is -2.09. The summed E-state index contributed by atoms with van der Waals surface area (Å²) in [4.78, 5) is 16.0. The topological polar surface area (TPSA) is 77.2 Å². The fraction of sp³-hybridized carbons (Fsp3) is 0.0526. The molecule has 0 saturated heterocycles. The highest BCUT2D eigenvalue weighted by molar-refractivity contribution is 5.92. The quantitative estimate of drug-likeness (QED) is 0.707. The Morgan fingerprint density at radius 2 is 1.62 bits per heavy atom. The minimum Gasteiger partial charge on any atom is -0.482 e. The number of aromatic nitrogens is 1. The summed E-state index contributed by atoms with van der Waals surface area (Å²) in [5.41, 5.74) is 9.12. The highest BCUT2D eigenvalue weighted by Crippen LogP contribution is 2.21. The van der Waals surface area contributed by atoms with Gasteiger partial charge in [-0.3, -0.25) is 9.78 Å². The maximum Gasteiger partial charge on any atom is 0.262 e. The third kappa shape index (κ3) is 3.89. The maximum atomic E-state index is 12.0. The van der Waals surface area contributed by atoms with Crippen LogP contribution in [0, 0.1) is 0 Å². The van der Waals surface area contributed by atoms with Gasteiger partial charge < -0.3 is 15.8 Å². The van der Waals surface area contributed by atoms with E-state index < -0.39 is 0 Å². The van der Waals surface area contributed by atoms with Crippen LogP contribution in [0.15, 0.2) is 73.1 Å². The fourth-order valence-corrected chi connectivity index (χ4v) is 2.24. The van der Waals surface area contributed by atoms with Crippen molar-refractivity contribution in [1.29, 1.82) is 0 Å². The molecule has 0 unspecified atom stereocenters. The van der Waals surface area contributed by atoms with E-state index in [1.54, 1.807) is 30.6 Å². The van der Waals surface area contributed by atoms with Gasteiger partial charge in [0.2, 0.25) is 0 Å². The van der Waals surface area contributed by atoms with E-state index in [1.807, 2.05) is 42.5 Å². The van der Waals surface area contributed by atoms with Gasteiger partial charge in [0.25, 0.3) is 5.91 Å². The monoisotopic (exact) mass is 319 g/mol. The second kappa shape index (κ2) is 7.28. The molecule has 0 atom stereocenters. The van der Waals surface area contributed by atoms with Gasteiger partial charge >= 0.3 is 0 Å². The van der Waals surface area contributed by atoms with Crippen LogP contribution in [0.5, 0.6) is 5.75 Å². The molecule has 0 fully saturated rings. The number of anilines is 2. The molecule has 5 nitrogen and oxygen atoms in total. The number of hydrogen-bond acceptors (Lipinski definition) is 4. The summed E-state index contributed by atoms with van der Waals surface area (Å²) in [6.07, 6.45) is 3.50. The number of amides is 1. The Morgan fingerprint density at radius 1 is 0.958 bits per heavy atom. The Balaban J connectivity index is 1.58. The number of nitrogen functional groups attached to an aromatic ring is 1. The van der Waals surface area contributed by atoms with Gasteiger partial charge in [0.05, 0.1) is 5.69 Å². The van der Waals surface area contributed by atoms with E-state index >= 15 is 0 Å². The van der Waals surface area contributed by atoms with Crippen LogP contribution < -0.4 is 15.8 Å². The average molecular weight is 319 g/mol. The molecule has 0 aliphatic heterocycles. The summed E-state index contributed by atoms with van der Waals surface area (Å²) < 4.78 is 5.42. The van der Waals surface area contributed by atoms with E-state index in [0.29, 0.717) is 17.1 Å². The van der Waals surface area contributed by atoms with Crippen molar-refractivity contribution in [2.75, 3.05) is 17.7 Å². The van der Waals surface area contributed by atoms with Crippen molar-refractivity contribution in [3.05, 3.63) is 73.1 Å². The number of ether oxygens (including phenoxy) is 1. The number of pyridine rings is 1.